The molecular formula is C30H40N2O3S. The molecule has 0 aromatic carbocycles. The van der Waals surface area contributed by atoms with Crippen molar-refractivity contribution >= 4 is 29.2 Å². The van der Waals surface area contributed by atoms with Crippen LogP contribution in [0.4, 0.5) is 0 Å². The standard InChI is InChI=1S/C30H40N2O3S/c1-9-21(19-12-10-11-13-19)32-28(35)24(17(2)31-32)25-26(33)20(27(25)34)14-18-15-22(29(3,4)5)36-23(16-18)30(6,7)8/h14-16,19,21,33H,9-13H2,1-8H3/b25-24-. The van der Waals surface area contributed by atoms with Crippen molar-refractivity contribution < 1.29 is 14.7 Å². The van der Waals surface area contributed by atoms with E-state index in [0.717, 1.165) is 24.8 Å². The summed E-state index contributed by atoms with van der Waals surface area (Å²) < 4.78 is 0. The summed E-state index contributed by atoms with van der Waals surface area (Å²) in [6.45, 7) is 16.9. The molecule has 194 valence electrons. The lowest BCUT2D eigenvalue weighted by atomic mass is 9.81. The number of allylic oxidation sites excluding steroid dienone is 8. The lowest BCUT2D eigenvalue weighted by Crippen LogP contribution is -2.39. The molecule has 1 fully saturated rings. The molecule has 0 aromatic rings. The minimum absolute atomic E-state index is 0.0376. The van der Waals surface area contributed by atoms with Gasteiger partial charge in [-0.05, 0) is 76.5 Å². The zero-order valence-electron chi connectivity index (χ0n) is 23.0. The minimum atomic E-state index is -0.289. The average Bonchev–Trinajstić information content (AvgIpc) is 3.42. The number of rotatable bonds is 4. The van der Waals surface area contributed by atoms with Crippen LogP contribution in [0.5, 0.6) is 0 Å². The lowest BCUT2D eigenvalue weighted by molar-refractivity contribution is -0.129. The van der Waals surface area contributed by atoms with Gasteiger partial charge in [-0.2, -0.15) is 5.10 Å². The summed E-state index contributed by atoms with van der Waals surface area (Å²) in [4.78, 5) is 29.2. The van der Waals surface area contributed by atoms with Crippen LogP contribution in [0.25, 0.3) is 0 Å². The maximum Gasteiger partial charge on any atom is 0.277 e. The van der Waals surface area contributed by atoms with Gasteiger partial charge in [-0.1, -0.05) is 73.1 Å². The van der Waals surface area contributed by atoms with Crippen molar-refractivity contribution in [2.45, 2.75) is 93.5 Å². The third-order valence-corrected chi connectivity index (χ3v) is 9.44. The van der Waals surface area contributed by atoms with Crippen LogP contribution < -0.4 is 0 Å². The SMILES string of the molecule is CCC(C1CCCC1)N1N=C(C)/C(=C2/C(=O)C(C=C3C=C(C(C)(C)C)SC(C(C)(C)C)=C3)=C2O)C1=O. The number of amides is 1. The summed E-state index contributed by atoms with van der Waals surface area (Å²) in [5.41, 5.74) is 1.95. The molecule has 36 heavy (non-hydrogen) atoms. The minimum Gasteiger partial charge on any atom is -0.506 e. The van der Waals surface area contributed by atoms with E-state index in [1.165, 1.54) is 22.7 Å². The van der Waals surface area contributed by atoms with E-state index in [1.54, 1.807) is 29.8 Å². The van der Waals surface area contributed by atoms with Crippen molar-refractivity contribution in [1.82, 2.24) is 5.01 Å². The molecule has 0 saturated heterocycles. The monoisotopic (exact) mass is 508 g/mol. The molecule has 6 heteroatoms. The number of nitrogens with zero attached hydrogens (tertiary/aromatic N) is 2. The smallest absolute Gasteiger partial charge is 0.277 e. The number of Topliss-reactive ketones (excluding diaryl/α,β-unsaturated/α-hetero) is 1. The first-order valence-corrected chi connectivity index (χ1v) is 14.0. The van der Waals surface area contributed by atoms with Gasteiger partial charge in [0, 0.05) is 0 Å². The zero-order valence-corrected chi connectivity index (χ0v) is 23.8. The fourth-order valence-electron chi connectivity index (χ4n) is 5.39. The number of hydrazone groups is 1. The maximum absolute atomic E-state index is 13.4. The van der Waals surface area contributed by atoms with Gasteiger partial charge in [0.05, 0.1) is 28.5 Å². The van der Waals surface area contributed by atoms with E-state index in [1.807, 2.05) is 0 Å². The third-order valence-electron chi connectivity index (χ3n) is 7.54. The highest BCUT2D eigenvalue weighted by Crippen LogP contribution is 2.49. The molecule has 0 aromatic heterocycles. The Hall–Kier alpha value is -2.34. The summed E-state index contributed by atoms with van der Waals surface area (Å²) in [5.74, 6) is -0.205. The quantitative estimate of drug-likeness (QED) is 0.402. The van der Waals surface area contributed by atoms with Gasteiger partial charge in [0.25, 0.3) is 5.91 Å². The molecule has 2 aliphatic carbocycles. The molecule has 5 nitrogen and oxygen atoms in total. The molecule has 0 radical (unpaired) electrons. The molecule has 4 rings (SSSR count). The van der Waals surface area contributed by atoms with E-state index in [2.05, 4.69) is 65.7 Å². The number of aliphatic hydroxyl groups excluding tert-OH is 1. The zero-order chi connectivity index (χ0) is 26.6. The molecule has 0 spiro atoms. The number of hydrogen-bond acceptors (Lipinski definition) is 5. The van der Waals surface area contributed by atoms with Crippen LogP contribution in [-0.2, 0) is 9.59 Å². The van der Waals surface area contributed by atoms with Gasteiger partial charge in [0.2, 0.25) is 5.78 Å². The molecule has 1 amide bonds. The summed E-state index contributed by atoms with van der Waals surface area (Å²) in [6.07, 6.45) is 11.4. The predicted molar refractivity (Wildman–Crippen MR) is 148 cm³/mol. The Morgan fingerprint density at radius 2 is 1.61 bits per heavy atom. The summed E-state index contributed by atoms with van der Waals surface area (Å²) in [6, 6.07) is 0.0394. The lowest BCUT2D eigenvalue weighted by Gasteiger charge is -2.32. The van der Waals surface area contributed by atoms with Crippen molar-refractivity contribution in [3.05, 3.63) is 56.1 Å². The van der Waals surface area contributed by atoms with Crippen LogP contribution >= 0.6 is 11.8 Å². The number of carbonyl (C=O) groups is 2. The van der Waals surface area contributed by atoms with Crippen LogP contribution in [0, 0.1) is 16.7 Å². The Bertz CT molecular complexity index is 1140. The topological polar surface area (TPSA) is 70.0 Å². The summed E-state index contributed by atoms with van der Waals surface area (Å²) >= 11 is 1.78. The highest BCUT2D eigenvalue weighted by atomic mass is 32.2. The Morgan fingerprint density at radius 1 is 1.06 bits per heavy atom. The second kappa shape index (κ2) is 9.51. The number of ketones is 1. The van der Waals surface area contributed by atoms with E-state index >= 15 is 0 Å². The normalized spacial score (nSPS) is 24.7. The molecule has 0 bridgehead atoms. The van der Waals surface area contributed by atoms with E-state index < -0.39 is 0 Å². The summed E-state index contributed by atoms with van der Waals surface area (Å²) in [5, 5.41) is 17.1. The first-order valence-electron chi connectivity index (χ1n) is 13.2. The van der Waals surface area contributed by atoms with Gasteiger partial charge in [0.1, 0.15) is 5.76 Å². The fraction of sp³-hybridized carbons (Fsp3) is 0.567. The molecule has 4 aliphatic rings. The number of aliphatic hydroxyl groups is 1. The fourth-order valence-corrected chi connectivity index (χ4v) is 6.63. The van der Waals surface area contributed by atoms with Crippen molar-refractivity contribution in [2.24, 2.45) is 21.8 Å². The van der Waals surface area contributed by atoms with Crippen molar-refractivity contribution in [2.75, 3.05) is 0 Å². The molecule has 1 atom stereocenters. The molecular weight excluding hydrogens is 468 g/mol. The van der Waals surface area contributed by atoms with Crippen LogP contribution in [0.2, 0.25) is 0 Å². The second-order valence-corrected chi connectivity index (χ2v) is 13.5. The van der Waals surface area contributed by atoms with E-state index in [9.17, 15) is 14.7 Å². The van der Waals surface area contributed by atoms with Crippen LogP contribution in [0.3, 0.4) is 0 Å². The van der Waals surface area contributed by atoms with Gasteiger partial charge in [0.15, 0.2) is 0 Å². The first-order chi connectivity index (χ1) is 16.7. The molecule has 1 saturated carbocycles. The van der Waals surface area contributed by atoms with Gasteiger partial charge in [-0.25, -0.2) is 5.01 Å². The largest absolute Gasteiger partial charge is 0.506 e. The van der Waals surface area contributed by atoms with Crippen molar-refractivity contribution in [1.29, 1.82) is 0 Å². The molecule has 2 heterocycles. The van der Waals surface area contributed by atoms with Gasteiger partial charge < -0.3 is 5.11 Å². The maximum atomic E-state index is 13.4. The molecule has 2 aliphatic heterocycles. The number of hydrogen-bond donors (Lipinski definition) is 1. The van der Waals surface area contributed by atoms with Crippen molar-refractivity contribution in [3.8, 4) is 0 Å². The Morgan fingerprint density at radius 3 is 2.08 bits per heavy atom. The summed E-state index contributed by atoms with van der Waals surface area (Å²) in [7, 11) is 0. The highest BCUT2D eigenvalue weighted by Gasteiger charge is 2.44. The second-order valence-electron chi connectivity index (χ2n) is 12.5. The molecule has 1 N–H and O–H groups in total. The third kappa shape index (κ3) is 4.81. The van der Waals surface area contributed by atoms with Gasteiger partial charge in [-0.15, -0.1) is 0 Å². The van der Waals surface area contributed by atoms with Gasteiger partial charge >= 0.3 is 0 Å². The Labute approximate surface area is 220 Å². The Kier molecular flexibility index (Phi) is 7.06. The van der Waals surface area contributed by atoms with Gasteiger partial charge in [-0.3, -0.25) is 9.59 Å². The van der Waals surface area contributed by atoms with E-state index in [-0.39, 0.29) is 51.0 Å². The average molecular weight is 509 g/mol. The molecule has 1 unspecified atom stereocenters. The van der Waals surface area contributed by atoms with Crippen LogP contribution in [0.15, 0.2) is 61.2 Å². The van der Waals surface area contributed by atoms with Crippen LogP contribution in [0.1, 0.15) is 87.5 Å². The van der Waals surface area contributed by atoms with E-state index in [0.29, 0.717) is 11.6 Å². The highest BCUT2D eigenvalue weighted by molar-refractivity contribution is 8.06. The number of thioether (sulfide) groups is 1. The predicted octanol–water partition coefficient (Wildman–Crippen LogP) is 7.40. The van der Waals surface area contributed by atoms with E-state index in [4.69, 9.17) is 0 Å². The Balaban J connectivity index is 1.70. The first kappa shape index (κ1) is 26.7. The van der Waals surface area contributed by atoms with Crippen molar-refractivity contribution in [3.63, 3.8) is 0 Å². The number of carbonyl (C=O) groups excluding carboxylic acids is 2. The van der Waals surface area contributed by atoms with Crippen LogP contribution in [-0.4, -0.2) is 33.6 Å².